The Labute approximate surface area is 119 Å². The molecule has 1 saturated heterocycles. The van der Waals surface area contributed by atoms with Gasteiger partial charge in [0.05, 0.1) is 24.8 Å². The standard InChI is InChI=1S/C16H20N2O2/c1-11-6-7-14(13-5-4-8-17-15(11)13)18-12-9-19-16(2,3)20-10-12/h4-8,12,18H,9-10H2,1-3H3. The smallest absolute Gasteiger partial charge is 0.162 e. The van der Waals surface area contributed by atoms with Crippen molar-refractivity contribution in [1.29, 1.82) is 0 Å². The van der Waals surface area contributed by atoms with Gasteiger partial charge in [0.1, 0.15) is 0 Å². The fourth-order valence-electron chi connectivity index (χ4n) is 2.44. The van der Waals surface area contributed by atoms with Crippen molar-refractivity contribution in [2.45, 2.75) is 32.6 Å². The number of anilines is 1. The molecule has 0 amide bonds. The monoisotopic (exact) mass is 272 g/mol. The fraction of sp³-hybridized carbons (Fsp3) is 0.438. The number of rotatable bonds is 2. The molecule has 1 aliphatic rings. The second kappa shape index (κ2) is 5.04. The van der Waals surface area contributed by atoms with E-state index < -0.39 is 5.79 Å². The quantitative estimate of drug-likeness (QED) is 0.912. The Morgan fingerprint density at radius 1 is 1.20 bits per heavy atom. The number of aromatic nitrogens is 1. The number of pyridine rings is 1. The molecule has 1 fully saturated rings. The zero-order chi connectivity index (χ0) is 14.2. The van der Waals surface area contributed by atoms with Gasteiger partial charge in [-0.3, -0.25) is 4.98 Å². The molecule has 3 rings (SSSR count). The fourth-order valence-corrected chi connectivity index (χ4v) is 2.44. The Bertz CT molecular complexity index is 615. The Hall–Kier alpha value is -1.65. The van der Waals surface area contributed by atoms with Crippen LogP contribution >= 0.6 is 0 Å². The topological polar surface area (TPSA) is 43.4 Å². The van der Waals surface area contributed by atoms with Crippen LogP contribution in [0.2, 0.25) is 0 Å². The van der Waals surface area contributed by atoms with Gasteiger partial charge in [0, 0.05) is 17.3 Å². The number of benzene rings is 1. The van der Waals surface area contributed by atoms with Crippen LogP contribution < -0.4 is 5.32 Å². The van der Waals surface area contributed by atoms with E-state index >= 15 is 0 Å². The molecule has 1 aromatic heterocycles. The largest absolute Gasteiger partial charge is 0.377 e. The Morgan fingerprint density at radius 2 is 1.95 bits per heavy atom. The lowest BCUT2D eigenvalue weighted by molar-refractivity contribution is -0.247. The molecule has 4 nitrogen and oxygen atoms in total. The van der Waals surface area contributed by atoms with Crippen LogP contribution in [0.15, 0.2) is 30.5 Å². The van der Waals surface area contributed by atoms with E-state index in [-0.39, 0.29) is 6.04 Å². The molecule has 0 atom stereocenters. The molecule has 2 aromatic rings. The summed E-state index contributed by atoms with van der Waals surface area (Å²) in [6, 6.07) is 8.40. The van der Waals surface area contributed by atoms with Gasteiger partial charge in [-0.15, -0.1) is 0 Å². The van der Waals surface area contributed by atoms with Gasteiger partial charge in [-0.1, -0.05) is 6.07 Å². The van der Waals surface area contributed by atoms with Crippen LogP contribution in [0.1, 0.15) is 19.4 Å². The van der Waals surface area contributed by atoms with Gasteiger partial charge < -0.3 is 14.8 Å². The van der Waals surface area contributed by atoms with Crippen molar-refractivity contribution in [3.05, 3.63) is 36.0 Å². The van der Waals surface area contributed by atoms with E-state index in [0.29, 0.717) is 13.2 Å². The highest BCUT2D eigenvalue weighted by Crippen LogP contribution is 2.26. The zero-order valence-corrected chi connectivity index (χ0v) is 12.1. The first kappa shape index (κ1) is 13.3. The van der Waals surface area contributed by atoms with E-state index in [2.05, 4.69) is 35.4 Å². The van der Waals surface area contributed by atoms with Crippen molar-refractivity contribution in [2.75, 3.05) is 18.5 Å². The molecule has 4 heteroatoms. The van der Waals surface area contributed by atoms with E-state index in [4.69, 9.17) is 9.47 Å². The van der Waals surface area contributed by atoms with Crippen LogP contribution in [0.4, 0.5) is 5.69 Å². The third kappa shape index (κ3) is 2.62. The average molecular weight is 272 g/mol. The molecule has 1 N–H and O–H groups in total. The lowest BCUT2D eigenvalue weighted by atomic mass is 10.1. The van der Waals surface area contributed by atoms with E-state index in [1.807, 2.05) is 26.1 Å². The van der Waals surface area contributed by atoms with Crippen molar-refractivity contribution in [1.82, 2.24) is 4.98 Å². The minimum atomic E-state index is -0.477. The van der Waals surface area contributed by atoms with Crippen LogP contribution in [0, 0.1) is 6.92 Å². The van der Waals surface area contributed by atoms with E-state index in [1.54, 1.807) is 0 Å². The van der Waals surface area contributed by atoms with E-state index in [1.165, 1.54) is 5.56 Å². The highest BCUT2D eigenvalue weighted by Gasteiger charge is 2.28. The molecule has 0 bridgehead atoms. The minimum Gasteiger partial charge on any atom is -0.377 e. The number of hydrogen-bond donors (Lipinski definition) is 1. The first-order valence-electron chi connectivity index (χ1n) is 6.94. The molecule has 0 aliphatic carbocycles. The molecule has 1 aromatic carbocycles. The van der Waals surface area contributed by atoms with E-state index in [9.17, 15) is 0 Å². The van der Waals surface area contributed by atoms with Crippen molar-refractivity contribution >= 4 is 16.6 Å². The predicted octanol–water partition coefficient (Wildman–Crippen LogP) is 3.11. The molecule has 2 heterocycles. The average Bonchev–Trinajstić information content (AvgIpc) is 2.44. The molecule has 1 aliphatic heterocycles. The van der Waals surface area contributed by atoms with Gasteiger partial charge in [-0.25, -0.2) is 0 Å². The van der Waals surface area contributed by atoms with Gasteiger partial charge in [-0.05, 0) is 44.5 Å². The lowest BCUT2D eigenvalue weighted by Gasteiger charge is -2.35. The van der Waals surface area contributed by atoms with Crippen LogP contribution in [0.25, 0.3) is 10.9 Å². The summed E-state index contributed by atoms with van der Waals surface area (Å²) >= 11 is 0. The maximum atomic E-state index is 5.69. The number of ether oxygens (including phenoxy) is 2. The van der Waals surface area contributed by atoms with Gasteiger partial charge in [0.15, 0.2) is 5.79 Å². The predicted molar refractivity (Wildman–Crippen MR) is 79.9 cm³/mol. The van der Waals surface area contributed by atoms with Gasteiger partial charge in [0.25, 0.3) is 0 Å². The van der Waals surface area contributed by atoms with Crippen LogP contribution in [0.5, 0.6) is 0 Å². The highest BCUT2D eigenvalue weighted by molar-refractivity contribution is 5.93. The van der Waals surface area contributed by atoms with Crippen LogP contribution in [-0.4, -0.2) is 30.0 Å². The highest BCUT2D eigenvalue weighted by atomic mass is 16.7. The maximum absolute atomic E-state index is 5.69. The molecule has 0 saturated carbocycles. The number of aryl methyl sites for hydroxylation is 1. The van der Waals surface area contributed by atoms with Crippen molar-refractivity contribution in [2.24, 2.45) is 0 Å². The van der Waals surface area contributed by atoms with Crippen molar-refractivity contribution in [3.8, 4) is 0 Å². The third-order valence-corrected chi connectivity index (χ3v) is 3.60. The van der Waals surface area contributed by atoms with Gasteiger partial charge >= 0.3 is 0 Å². The molecule has 0 spiro atoms. The first-order valence-corrected chi connectivity index (χ1v) is 6.94. The molecular formula is C16H20N2O2. The molecule has 106 valence electrons. The van der Waals surface area contributed by atoms with Crippen LogP contribution in [0.3, 0.4) is 0 Å². The summed E-state index contributed by atoms with van der Waals surface area (Å²) in [5.41, 5.74) is 3.30. The second-order valence-corrected chi connectivity index (χ2v) is 5.69. The van der Waals surface area contributed by atoms with Crippen LogP contribution in [-0.2, 0) is 9.47 Å². The zero-order valence-electron chi connectivity index (χ0n) is 12.1. The number of hydrogen-bond acceptors (Lipinski definition) is 4. The number of nitrogens with one attached hydrogen (secondary N) is 1. The van der Waals surface area contributed by atoms with Gasteiger partial charge in [0.2, 0.25) is 0 Å². The summed E-state index contributed by atoms with van der Waals surface area (Å²) in [4.78, 5) is 4.46. The molecule has 20 heavy (non-hydrogen) atoms. The molecule has 0 radical (unpaired) electrons. The third-order valence-electron chi connectivity index (χ3n) is 3.60. The normalized spacial score (nSPS) is 19.1. The summed E-state index contributed by atoms with van der Waals surface area (Å²) < 4.78 is 11.4. The summed E-state index contributed by atoms with van der Waals surface area (Å²) in [5.74, 6) is -0.477. The second-order valence-electron chi connectivity index (χ2n) is 5.69. The Kier molecular flexibility index (Phi) is 3.36. The number of fused-ring (bicyclic) bond motifs is 1. The first-order chi connectivity index (χ1) is 9.55. The van der Waals surface area contributed by atoms with Crippen molar-refractivity contribution < 1.29 is 9.47 Å². The Morgan fingerprint density at radius 3 is 2.70 bits per heavy atom. The maximum Gasteiger partial charge on any atom is 0.162 e. The Balaban J connectivity index is 1.83. The lowest BCUT2D eigenvalue weighted by Crippen LogP contribution is -2.45. The molecular weight excluding hydrogens is 252 g/mol. The number of nitrogens with zero attached hydrogens (tertiary/aromatic N) is 1. The minimum absolute atomic E-state index is 0.161. The summed E-state index contributed by atoms with van der Waals surface area (Å²) in [6.07, 6.45) is 1.83. The summed E-state index contributed by atoms with van der Waals surface area (Å²) in [5, 5.41) is 4.64. The van der Waals surface area contributed by atoms with E-state index in [0.717, 1.165) is 16.6 Å². The SMILES string of the molecule is Cc1ccc(NC2COC(C)(C)OC2)c2cccnc12. The summed E-state index contributed by atoms with van der Waals surface area (Å²) in [6.45, 7) is 7.24. The van der Waals surface area contributed by atoms with Crippen molar-refractivity contribution in [3.63, 3.8) is 0 Å². The molecule has 0 unspecified atom stereocenters. The summed E-state index contributed by atoms with van der Waals surface area (Å²) in [7, 11) is 0. The van der Waals surface area contributed by atoms with Gasteiger partial charge in [-0.2, -0.15) is 0 Å².